The maximum absolute atomic E-state index is 10.6. The predicted octanol–water partition coefficient (Wildman–Crippen LogP) is 5.36. The number of rotatable bonds is 4. The quantitative estimate of drug-likeness (QED) is 0.598. The van der Waals surface area contributed by atoms with Gasteiger partial charge in [-0.05, 0) is 62.8 Å². The Kier molecular flexibility index (Phi) is 6.37. The van der Waals surface area contributed by atoms with Gasteiger partial charge < -0.3 is 9.84 Å². The van der Waals surface area contributed by atoms with Crippen LogP contribution < -0.4 is 4.74 Å². The topological polar surface area (TPSA) is 53.2 Å². The zero-order valence-electron chi connectivity index (χ0n) is 16.1. The van der Waals surface area contributed by atoms with E-state index in [-0.39, 0.29) is 5.60 Å². The van der Waals surface area contributed by atoms with Gasteiger partial charge in [0.2, 0.25) is 7.85 Å². The third-order valence-corrected chi connectivity index (χ3v) is 4.67. The van der Waals surface area contributed by atoms with E-state index >= 15 is 0 Å². The summed E-state index contributed by atoms with van der Waals surface area (Å²) in [7, 11) is 4.15. The molecule has 1 heterocycles. The van der Waals surface area contributed by atoms with Gasteiger partial charge in [-0.15, -0.1) is 0 Å². The second-order valence-corrected chi connectivity index (χ2v) is 7.24. The van der Waals surface area contributed by atoms with E-state index in [4.69, 9.17) is 10.00 Å². The van der Waals surface area contributed by atoms with Crippen LogP contribution in [-0.2, 0) is 12.0 Å². The molecule has 0 saturated heterocycles. The lowest BCUT2D eigenvalue weighted by molar-refractivity contribution is 0.105. The van der Waals surface area contributed by atoms with E-state index in [2.05, 4.69) is 59.8 Å². The number of aryl methyl sites for hydroxylation is 2. The molecule has 3 nitrogen and oxygen atoms in total. The van der Waals surface area contributed by atoms with Gasteiger partial charge in [-0.2, -0.15) is 0 Å². The number of unbranched alkanes of at least 4 members (excludes halogenated alkanes) is 2. The van der Waals surface area contributed by atoms with E-state index in [1.54, 1.807) is 0 Å². The number of ether oxygens (including phenoxy) is 1. The van der Waals surface area contributed by atoms with Gasteiger partial charge in [0.05, 0.1) is 5.56 Å². The van der Waals surface area contributed by atoms with E-state index in [1.165, 1.54) is 24.4 Å². The van der Waals surface area contributed by atoms with E-state index < -0.39 is 0 Å². The first kappa shape index (κ1) is 19.9. The molecule has 0 unspecified atom stereocenters. The number of benzene rings is 2. The highest BCUT2D eigenvalue weighted by molar-refractivity contribution is 6.20. The molecule has 0 fully saturated rings. The highest BCUT2D eigenvalue weighted by atomic mass is 16.5. The van der Waals surface area contributed by atoms with Crippen LogP contribution in [0.3, 0.4) is 0 Å². The molecule has 0 atom stereocenters. The number of fused-ring (bicyclic) bond motifs is 3. The minimum atomic E-state index is -0.384. The molecular formula is C22H26BNO2. The molecule has 2 aromatic rings. The number of aromatic hydroxyl groups is 1. The molecule has 3 rings (SSSR count). The fourth-order valence-electron chi connectivity index (χ4n) is 3.45. The zero-order chi connectivity index (χ0) is 19.3. The Balaban J connectivity index is 0.000000758. The fraction of sp³-hybridized carbons (Fsp3) is 0.409. The summed E-state index contributed by atoms with van der Waals surface area (Å²) in [5.41, 5.74) is 5.02. The summed E-state index contributed by atoms with van der Waals surface area (Å²) in [5, 5.41) is 17.7. The monoisotopic (exact) mass is 347 g/mol. The summed E-state index contributed by atoms with van der Waals surface area (Å²) in [6.45, 7) is 8.46. The zero-order valence-corrected chi connectivity index (χ0v) is 16.1. The third kappa shape index (κ3) is 4.22. The SMILES string of the molecule is CCCCCc1cc(O)c2c(c1)OC(C)(C)c1ccc(C)cc1-2.[B]C#N. The maximum atomic E-state index is 10.6. The largest absolute Gasteiger partial charge is 0.507 e. The van der Waals surface area contributed by atoms with Gasteiger partial charge >= 0.3 is 0 Å². The van der Waals surface area contributed by atoms with E-state index in [1.807, 2.05) is 6.07 Å². The van der Waals surface area contributed by atoms with Crippen molar-refractivity contribution in [2.45, 2.75) is 59.0 Å². The summed E-state index contributed by atoms with van der Waals surface area (Å²) < 4.78 is 6.25. The molecule has 2 radical (unpaired) electrons. The molecule has 134 valence electrons. The minimum absolute atomic E-state index is 0.330. The summed E-state index contributed by atoms with van der Waals surface area (Å²) in [6.07, 6.45) is 4.55. The van der Waals surface area contributed by atoms with Crippen molar-refractivity contribution in [3.63, 3.8) is 0 Å². The molecule has 26 heavy (non-hydrogen) atoms. The van der Waals surface area contributed by atoms with Gasteiger partial charge in [-0.1, -0.05) is 43.5 Å². The molecule has 0 spiro atoms. The molecule has 1 aliphatic heterocycles. The first-order valence-corrected chi connectivity index (χ1v) is 9.10. The maximum Gasteiger partial charge on any atom is 0.229 e. The van der Waals surface area contributed by atoms with Crippen molar-refractivity contribution in [2.75, 3.05) is 0 Å². The van der Waals surface area contributed by atoms with Crippen molar-refractivity contribution >= 4 is 7.85 Å². The van der Waals surface area contributed by atoms with Gasteiger partial charge in [0.25, 0.3) is 0 Å². The molecule has 1 aliphatic rings. The summed E-state index contributed by atoms with van der Waals surface area (Å²) >= 11 is 0. The smallest absolute Gasteiger partial charge is 0.229 e. The van der Waals surface area contributed by atoms with Crippen molar-refractivity contribution in [1.29, 1.82) is 5.26 Å². The lowest BCUT2D eigenvalue weighted by atomic mass is 9.84. The van der Waals surface area contributed by atoms with Crippen LogP contribution in [0, 0.1) is 18.2 Å². The van der Waals surface area contributed by atoms with E-state index in [0.29, 0.717) is 5.75 Å². The Morgan fingerprint density at radius 3 is 2.54 bits per heavy atom. The molecule has 0 amide bonds. The number of hydrogen-bond acceptors (Lipinski definition) is 3. The van der Waals surface area contributed by atoms with Crippen LogP contribution in [0.1, 0.15) is 56.7 Å². The van der Waals surface area contributed by atoms with Crippen molar-refractivity contribution in [2.24, 2.45) is 0 Å². The number of nitriles is 1. The molecule has 0 saturated carbocycles. The summed E-state index contributed by atoms with van der Waals surface area (Å²) in [4.78, 5) is 0. The molecule has 0 bridgehead atoms. The van der Waals surface area contributed by atoms with Crippen LogP contribution in [0.15, 0.2) is 30.3 Å². The molecule has 4 heteroatoms. The van der Waals surface area contributed by atoms with Gasteiger partial charge in [0.1, 0.15) is 17.1 Å². The van der Waals surface area contributed by atoms with Crippen molar-refractivity contribution in [3.8, 4) is 28.6 Å². The highest BCUT2D eigenvalue weighted by Crippen LogP contribution is 2.49. The van der Waals surface area contributed by atoms with Gasteiger partial charge in [0, 0.05) is 5.56 Å². The van der Waals surface area contributed by atoms with E-state index in [0.717, 1.165) is 40.8 Å². The molecule has 0 aliphatic carbocycles. The fourth-order valence-corrected chi connectivity index (χ4v) is 3.45. The van der Waals surface area contributed by atoms with Crippen molar-refractivity contribution in [3.05, 3.63) is 47.0 Å². The molecular weight excluding hydrogens is 321 g/mol. The Bertz CT molecular complexity index is 822. The molecule has 2 aromatic carbocycles. The Morgan fingerprint density at radius 1 is 1.19 bits per heavy atom. The number of phenolic OH excluding ortho intramolecular Hbond substituents is 1. The Morgan fingerprint density at radius 2 is 1.88 bits per heavy atom. The summed E-state index contributed by atoms with van der Waals surface area (Å²) in [6, 6.07) is 10.4. The van der Waals surface area contributed by atoms with Crippen LogP contribution >= 0.6 is 0 Å². The van der Waals surface area contributed by atoms with Gasteiger partial charge in [-0.3, -0.25) is 0 Å². The number of phenols is 1. The number of hydrogen-bond donors (Lipinski definition) is 1. The Hall–Kier alpha value is -2.41. The van der Waals surface area contributed by atoms with Crippen molar-refractivity contribution < 1.29 is 9.84 Å². The first-order chi connectivity index (χ1) is 12.3. The molecule has 0 aromatic heterocycles. The average Bonchev–Trinajstić information content (AvgIpc) is 2.54. The minimum Gasteiger partial charge on any atom is -0.507 e. The van der Waals surface area contributed by atoms with Gasteiger partial charge in [0.15, 0.2) is 0 Å². The van der Waals surface area contributed by atoms with Crippen LogP contribution in [0.25, 0.3) is 11.1 Å². The second-order valence-electron chi connectivity index (χ2n) is 7.24. The van der Waals surface area contributed by atoms with Crippen LogP contribution in [0.4, 0.5) is 0 Å². The van der Waals surface area contributed by atoms with Crippen LogP contribution in [-0.4, -0.2) is 13.0 Å². The standard InChI is InChI=1S/C21H26O2.CBN/c1-5-6-7-8-15-12-18(22)20-16-11-14(2)9-10-17(16)21(3,4)23-19(20)13-15;2-1-3/h9-13,22H,5-8H2,1-4H3;. The highest BCUT2D eigenvalue weighted by Gasteiger charge is 2.34. The predicted molar refractivity (Wildman–Crippen MR) is 107 cm³/mol. The van der Waals surface area contributed by atoms with E-state index in [9.17, 15) is 5.11 Å². The van der Waals surface area contributed by atoms with Crippen molar-refractivity contribution in [1.82, 2.24) is 0 Å². The molecule has 1 N–H and O–H groups in total. The Labute approximate surface area is 158 Å². The summed E-state index contributed by atoms with van der Waals surface area (Å²) in [5.74, 6) is 2.39. The van der Waals surface area contributed by atoms with Crippen LogP contribution in [0.5, 0.6) is 11.5 Å². The number of nitrogens with zero attached hydrogens (tertiary/aromatic N) is 1. The van der Waals surface area contributed by atoms with Gasteiger partial charge in [-0.25, -0.2) is 5.26 Å². The second kappa shape index (κ2) is 8.32. The lowest BCUT2D eigenvalue weighted by Gasteiger charge is -2.35. The average molecular weight is 347 g/mol. The van der Waals surface area contributed by atoms with Crippen LogP contribution in [0.2, 0.25) is 0 Å². The third-order valence-electron chi connectivity index (χ3n) is 4.67. The lowest BCUT2D eigenvalue weighted by Crippen LogP contribution is -2.29. The first-order valence-electron chi connectivity index (χ1n) is 9.10. The normalized spacial score (nSPS) is 13.3.